The molecule has 0 bridgehead atoms. The zero-order valence-corrected chi connectivity index (χ0v) is 10.1. The highest BCUT2D eigenvalue weighted by Crippen LogP contribution is 2.13. The Bertz CT molecular complexity index is 538. The molecule has 0 radical (unpaired) electrons. The number of primary amides is 1. The van der Waals surface area contributed by atoms with E-state index < -0.39 is 16.1 Å². The second kappa shape index (κ2) is 4.97. The molecule has 0 aliphatic rings. The summed E-state index contributed by atoms with van der Waals surface area (Å²) in [6, 6.07) is 4.33. The summed E-state index contributed by atoms with van der Waals surface area (Å²) in [5, 5.41) is 2.69. The van der Waals surface area contributed by atoms with E-state index in [1.165, 1.54) is 24.3 Å². The Morgan fingerprint density at radius 2 is 1.71 bits per heavy atom. The van der Waals surface area contributed by atoms with Gasteiger partial charge in [0.05, 0.1) is 4.90 Å². The quantitative estimate of drug-likeness (QED) is 0.560. The van der Waals surface area contributed by atoms with Crippen molar-refractivity contribution in [2.75, 3.05) is 5.32 Å². The van der Waals surface area contributed by atoms with Gasteiger partial charge in [0.1, 0.15) is 0 Å². The minimum Gasteiger partial charge on any atom is -0.376 e. The number of hydrogen-bond donors (Lipinski definition) is 4. The van der Waals surface area contributed by atoms with Gasteiger partial charge in [-0.25, -0.2) is 17.9 Å². The predicted molar refractivity (Wildman–Crippen MR) is 66.8 cm³/mol. The van der Waals surface area contributed by atoms with Crippen LogP contribution < -0.4 is 21.5 Å². The topological polar surface area (TPSA) is 127 Å². The van der Waals surface area contributed by atoms with Crippen LogP contribution >= 0.6 is 12.2 Å². The molecule has 6 N–H and O–H groups in total. The van der Waals surface area contributed by atoms with E-state index in [1.807, 2.05) is 0 Å². The number of benzene rings is 1. The normalized spacial score (nSPS) is 10.6. The van der Waals surface area contributed by atoms with Crippen LogP contribution in [0.15, 0.2) is 29.2 Å². The predicted octanol–water partition coefficient (Wildman–Crippen LogP) is -0.301. The summed E-state index contributed by atoms with van der Waals surface area (Å²) in [4.78, 5) is 10.4. The molecule has 0 saturated heterocycles. The van der Waals surface area contributed by atoms with Crippen LogP contribution in [0, 0.1) is 0 Å². The summed E-state index contributed by atoms with van der Waals surface area (Å²) in [7, 11) is -3.92. The molecule has 0 spiro atoms. The van der Waals surface area contributed by atoms with Crippen LogP contribution in [-0.4, -0.2) is 19.6 Å². The van der Waals surface area contributed by atoms with Crippen molar-refractivity contribution in [1.82, 2.24) is 4.72 Å². The molecule has 0 aromatic heterocycles. The van der Waals surface area contributed by atoms with Crippen molar-refractivity contribution in [1.29, 1.82) is 0 Å². The Morgan fingerprint density at radius 1 is 1.18 bits per heavy atom. The first-order valence-corrected chi connectivity index (χ1v) is 6.19. The molecule has 0 aliphatic carbocycles. The Kier molecular flexibility index (Phi) is 3.86. The molecule has 0 aliphatic heterocycles. The molecule has 0 heterocycles. The number of amides is 2. The Labute approximate surface area is 103 Å². The molecule has 1 rings (SSSR count). The van der Waals surface area contributed by atoms with E-state index in [0.29, 0.717) is 5.69 Å². The fourth-order valence-electron chi connectivity index (χ4n) is 1.05. The number of rotatable bonds is 3. The lowest BCUT2D eigenvalue weighted by molar-refractivity contribution is 0.253. The minimum absolute atomic E-state index is 0.0656. The molecular formula is C8H10N4O3S2. The van der Waals surface area contributed by atoms with E-state index in [4.69, 9.17) is 11.5 Å². The number of anilines is 1. The Hall–Kier alpha value is -1.87. The number of thiocarbonyl (C=S) groups is 1. The minimum atomic E-state index is -3.92. The molecular weight excluding hydrogens is 264 g/mol. The van der Waals surface area contributed by atoms with Gasteiger partial charge in [-0.3, -0.25) is 0 Å². The monoisotopic (exact) mass is 274 g/mol. The van der Waals surface area contributed by atoms with Crippen LogP contribution in [0.25, 0.3) is 0 Å². The summed E-state index contributed by atoms with van der Waals surface area (Å²) in [5.41, 5.74) is 10.5. The van der Waals surface area contributed by atoms with Gasteiger partial charge in [-0.05, 0) is 36.5 Å². The highest BCUT2D eigenvalue weighted by molar-refractivity contribution is 7.90. The SMILES string of the molecule is NC(=O)NS(=O)(=O)c1ccc(NC(N)=S)cc1. The van der Waals surface area contributed by atoms with Crippen molar-refractivity contribution < 1.29 is 13.2 Å². The number of urea groups is 1. The number of nitrogens with one attached hydrogen (secondary N) is 2. The second-order valence-electron chi connectivity index (χ2n) is 2.98. The first-order chi connectivity index (χ1) is 7.81. The summed E-state index contributed by atoms with van der Waals surface area (Å²) in [6.07, 6.45) is 0. The van der Waals surface area contributed by atoms with Crippen molar-refractivity contribution in [3.8, 4) is 0 Å². The van der Waals surface area contributed by atoms with Crippen LogP contribution in [0.4, 0.5) is 10.5 Å². The van der Waals surface area contributed by atoms with E-state index in [0.717, 1.165) is 0 Å². The first-order valence-electron chi connectivity index (χ1n) is 4.30. The lowest BCUT2D eigenvalue weighted by Gasteiger charge is -2.06. The molecule has 0 fully saturated rings. The summed E-state index contributed by atoms with van der Waals surface area (Å²) >= 11 is 4.62. The van der Waals surface area contributed by atoms with Crippen LogP contribution in [0.5, 0.6) is 0 Å². The van der Waals surface area contributed by atoms with E-state index in [9.17, 15) is 13.2 Å². The highest BCUT2D eigenvalue weighted by Gasteiger charge is 2.15. The smallest absolute Gasteiger partial charge is 0.326 e. The van der Waals surface area contributed by atoms with Crippen LogP contribution in [0.2, 0.25) is 0 Å². The maximum atomic E-state index is 11.5. The summed E-state index contributed by atoms with van der Waals surface area (Å²) < 4.78 is 24.6. The third kappa shape index (κ3) is 3.89. The van der Waals surface area contributed by atoms with Gasteiger partial charge < -0.3 is 16.8 Å². The molecule has 0 saturated carbocycles. The third-order valence-electron chi connectivity index (χ3n) is 1.67. The molecule has 0 atom stereocenters. The van der Waals surface area contributed by atoms with Crippen LogP contribution in [0.3, 0.4) is 0 Å². The van der Waals surface area contributed by atoms with Crippen LogP contribution in [-0.2, 0) is 10.0 Å². The average molecular weight is 274 g/mol. The van der Waals surface area contributed by atoms with Gasteiger partial charge in [-0.1, -0.05) is 0 Å². The fourth-order valence-corrected chi connectivity index (χ4v) is 2.05. The summed E-state index contributed by atoms with van der Waals surface area (Å²) in [5.74, 6) is 0. The fraction of sp³-hybridized carbons (Fsp3) is 0. The first kappa shape index (κ1) is 13.2. The zero-order chi connectivity index (χ0) is 13.1. The van der Waals surface area contributed by atoms with Gasteiger partial charge in [0.25, 0.3) is 10.0 Å². The van der Waals surface area contributed by atoms with Gasteiger partial charge in [0, 0.05) is 5.69 Å². The Balaban J connectivity index is 2.94. The van der Waals surface area contributed by atoms with Gasteiger partial charge in [-0.15, -0.1) is 0 Å². The van der Waals surface area contributed by atoms with Gasteiger partial charge in [0.2, 0.25) is 0 Å². The number of nitrogens with two attached hydrogens (primary N) is 2. The van der Waals surface area contributed by atoms with E-state index in [2.05, 4.69) is 17.5 Å². The van der Waals surface area contributed by atoms with Crippen LogP contribution in [0.1, 0.15) is 0 Å². The van der Waals surface area contributed by atoms with E-state index in [-0.39, 0.29) is 10.0 Å². The number of hydrogen-bond acceptors (Lipinski definition) is 4. The molecule has 92 valence electrons. The standard InChI is InChI=1S/C8H10N4O3S2/c9-7(13)12-17(14,15)6-3-1-5(2-4-6)11-8(10)16/h1-4H,(H3,9,12,13)(H3,10,11,16). The molecule has 2 amide bonds. The van der Waals surface area contributed by atoms with E-state index >= 15 is 0 Å². The van der Waals surface area contributed by atoms with Gasteiger partial charge >= 0.3 is 6.03 Å². The lowest BCUT2D eigenvalue weighted by Crippen LogP contribution is -2.34. The highest BCUT2D eigenvalue weighted by atomic mass is 32.2. The van der Waals surface area contributed by atoms with Crippen molar-refractivity contribution in [3.63, 3.8) is 0 Å². The third-order valence-corrected chi connectivity index (χ3v) is 3.13. The lowest BCUT2D eigenvalue weighted by atomic mass is 10.3. The molecule has 1 aromatic carbocycles. The zero-order valence-electron chi connectivity index (χ0n) is 8.51. The van der Waals surface area contributed by atoms with Crippen molar-refractivity contribution in [3.05, 3.63) is 24.3 Å². The van der Waals surface area contributed by atoms with Gasteiger partial charge in [0.15, 0.2) is 5.11 Å². The largest absolute Gasteiger partial charge is 0.376 e. The van der Waals surface area contributed by atoms with Crippen molar-refractivity contribution >= 4 is 39.1 Å². The number of carbonyl (C=O) groups is 1. The van der Waals surface area contributed by atoms with Crippen molar-refractivity contribution in [2.45, 2.75) is 4.90 Å². The average Bonchev–Trinajstić information content (AvgIpc) is 2.15. The maximum absolute atomic E-state index is 11.5. The van der Waals surface area contributed by atoms with Gasteiger partial charge in [-0.2, -0.15) is 0 Å². The second-order valence-corrected chi connectivity index (χ2v) is 5.11. The molecule has 17 heavy (non-hydrogen) atoms. The molecule has 1 aromatic rings. The maximum Gasteiger partial charge on any atom is 0.326 e. The molecule has 9 heteroatoms. The van der Waals surface area contributed by atoms with Crippen molar-refractivity contribution in [2.24, 2.45) is 11.5 Å². The molecule has 7 nitrogen and oxygen atoms in total. The summed E-state index contributed by atoms with van der Waals surface area (Å²) in [6.45, 7) is 0. The number of sulfonamides is 1. The Morgan fingerprint density at radius 3 is 2.12 bits per heavy atom. The van der Waals surface area contributed by atoms with E-state index in [1.54, 1.807) is 4.72 Å². The number of carbonyl (C=O) groups excluding carboxylic acids is 1. The molecule has 0 unspecified atom stereocenters.